The van der Waals surface area contributed by atoms with Crippen LogP contribution in [0.25, 0.3) is 76.5 Å². The Bertz CT molecular complexity index is 4740. The monoisotopic (exact) mass is 1050 g/mol. The van der Waals surface area contributed by atoms with Crippen LogP contribution in [0.15, 0.2) is 275 Å². The van der Waals surface area contributed by atoms with Gasteiger partial charge in [-0.2, -0.15) is 0 Å². The first-order valence-corrected chi connectivity index (χ1v) is 28.5. The highest BCUT2D eigenvalue weighted by molar-refractivity contribution is 6.21. The fourth-order valence-electron chi connectivity index (χ4n) is 14.3. The first-order valence-electron chi connectivity index (χ1n) is 28.5. The van der Waals surface area contributed by atoms with Crippen LogP contribution in [0.5, 0.6) is 0 Å². The van der Waals surface area contributed by atoms with Crippen molar-refractivity contribution < 1.29 is 8.83 Å². The van der Waals surface area contributed by atoms with Gasteiger partial charge < -0.3 is 23.5 Å². The van der Waals surface area contributed by atoms with Crippen LogP contribution in [-0.2, 0) is 5.41 Å². The molecule has 12 aromatic carbocycles. The van der Waals surface area contributed by atoms with E-state index in [2.05, 4.69) is 289 Å². The van der Waals surface area contributed by atoms with Crippen molar-refractivity contribution in [3.63, 3.8) is 0 Å². The second kappa shape index (κ2) is 17.8. The van der Waals surface area contributed by atoms with Gasteiger partial charge in [-0.25, -0.2) is 0 Å². The average Bonchev–Trinajstić information content (AvgIpc) is 1.65. The number of furan rings is 2. The number of nitrogens with zero attached hydrogens (tertiary/aromatic N) is 3. The SMILES string of the molecule is Cc1ccc(N(c2cc3c(c4ccccc24)-c2c(cc(N(c4ccc(C)cc4)c4cccc5c4oc4ccccc45)c4ccccc24)C32c3ccccc3N(C3=CC=CCC3)c3ccccc32)c2cccc3c2oc2ccccc23)cc1. The van der Waals surface area contributed by atoms with Gasteiger partial charge in [-0.15, -0.1) is 0 Å². The molecule has 0 amide bonds. The largest absolute Gasteiger partial charge is 0.454 e. The molecule has 5 nitrogen and oxygen atoms in total. The minimum Gasteiger partial charge on any atom is -0.454 e. The van der Waals surface area contributed by atoms with E-state index in [1.807, 2.05) is 0 Å². The third-order valence-electron chi connectivity index (χ3n) is 17.8. The topological polar surface area (TPSA) is 36.0 Å². The van der Waals surface area contributed by atoms with Gasteiger partial charge in [0.05, 0.1) is 39.5 Å². The van der Waals surface area contributed by atoms with Gasteiger partial charge in [0.2, 0.25) is 0 Å². The van der Waals surface area contributed by atoms with Crippen molar-refractivity contribution in [3.8, 4) is 11.1 Å². The van der Waals surface area contributed by atoms with Crippen LogP contribution in [0, 0.1) is 13.8 Å². The Balaban J connectivity index is 1.04. The maximum atomic E-state index is 7.00. The lowest BCUT2D eigenvalue weighted by molar-refractivity contribution is 0.669. The molecule has 0 fully saturated rings. The van der Waals surface area contributed by atoms with E-state index in [0.717, 1.165) is 102 Å². The van der Waals surface area contributed by atoms with E-state index in [0.29, 0.717) is 0 Å². The normalized spacial score (nSPS) is 14.0. The van der Waals surface area contributed by atoms with Gasteiger partial charge in [0.15, 0.2) is 11.2 Å². The summed E-state index contributed by atoms with van der Waals surface area (Å²) in [7, 11) is 0. The molecular formula is C77H53N3O2. The first-order chi connectivity index (χ1) is 40.5. The van der Waals surface area contributed by atoms with Crippen LogP contribution in [0.3, 0.4) is 0 Å². The molecule has 0 radical (unpaired) electrons. The number of para-hydroxylation sites is 6. The molecule has 0 N–H and O–H groups in total. The minimum absolute atomic E-state index is 0.844. The quantitative estimate of drug-likeness (QED) is 0.159. The molecule has 0 bridgehead atoms. The summed E-state index contributed by atoms with van der Waals surface area (Å²) in [6, 6.07) is 89.9. The van der Waals surface area contributed by atoms with E-state index < -0.39 is 5.41 Å². The number of fused-ring (bicyclic) bond motifs is 19. The molecule has 3 heterocycles. The predicted molar refractivity (Wildman–Crippen MR) is 341 cm³/mol. The molecule has 5 heteroatoms. The maximum Gasteiger partial charge on any atom is 0.159 e. The average molecular weight is 1050 g/mol. The van der Waals surface area contributed by atoms with Gasteiger partial charge in [-0.05, 0) is 150 Å². The van der Waals surface area contributed by atoms with E-state index in [1.54, 1.807) is 0 Å². The van der Waals surface area contributed by atoms with Crippen LogP contribution >= 0.6 is 0 Å². The number of hydrogen-bond acceptors (Lipinski definition) is 5. The molecule has 0 saturated heterocycles. The second-order valence-corrected chi connectivity index (χ2v) is 22.3. The Kier molecular flexibility index (Phi) is 10.1. The fraction of sp³-hybridized carbons (Fsp3) is 0.0649. The number of rotatable bonds is 7. The molecule has 3 aliphatic rings. The summed E-state index contributed by atoms with van der Waals surface area (Å²) in [5.41, 5.74) is 22.2. The molecule has 2 aromatic heterocycles. The van der Waals surface area contributed by atoms with Crippen LogP contribution in [0.2, 0.25) is 0 Å². The summed E-state index contributed by atoms with van der Waals surface area (Å²) in [6.45, 7) is 4.33. The fourth-order valence-corrected chi connectivity index (χ4v) is 14.3. The molecule has 0 unspecified atom stereocenters. The maximum absolute atomic E-state index is 7.00. The van der Waals surface area contributed by atoms with E-state index in [4.69, 9.17) is 8.83 Å². The molecule has 1 aliphatic heterocycles. The molecule has 1 spiro atoms. The molecule has 82 heavy (non-hydrogen) atoms. The van der Waals surface area contributed by atoms with Gasteiger partial charge in [0.25, 0.3) is 0 Å². The predicted octanol–water partition coefficient (Wildman–Crippen LogP) is 21.4. The number of aryl methyl sites for hydroxylation is 2. The van der Waals surface area contributed by atoms with Crippen LogP contribution in [0.1, 0.15) is 46.2 Å². The summed E-state index contributed by atoms with van der Waals surface area (Å²) < 4.78 is 14.0. The second-order valence-electron chi connectivity index (χ2n) is 22.3. The van der Waals surface area contributed by atoms with Crippen molar-refractivity contribution in [2.24, 2.45) is 0 Å². The van der Waals surface area contributed by atoms with Crippen molar-refractivity contribution in [2.75, 3.05) is 14.7 Å². The van der Waals surface area contributed by atoms with Crippen LogP contribution in [-0.4, -0.2) is 0 Å². The minimum atomic E-state index is -0.856. The van der Waals surface area contributed by atoms with E-state index >= 15 is 0 Å². The number of hydrogen-bond donors (Lipinski definition) is 0. The molecule has 0 saturated carbocycles. The van der Waals surface area contributed by atoms with E-state index in [9.17, 15) is 0 Å². The van der Waals surface area contributed by atoms with Gasteiger partial charge in [0.1, 0.15) is 11.2 Å². The smallest absolute Gasteiger partial charge is 0.159 e. The Morgan fingerprint density at radius 2 is 0.793 bits per heavy atom. The highest BCUT2D eigenvalue weighted by atomic mass is 16.3. The summed E-state index contributed by atoms with van der Waals surface area (Å²) in [6.07, 6.45) is 8.75. The highest BCUT2D eigenvalue weighted by Gasteiger charge is 2.54. The lowest BCUT2D eigenvalue weighted by atomic mass is 9.64. The highest BCUT2D eigenvalue weighted by Crippen LogP contribution is 2.67. The zero-order valence-electron chi connectivity index (χ0n) is 45.4. The molecule has 388 valence electrons. The first kappa shape index (κ1) is 46.5. The van der Waals surface area contributed by atoms with Crippen LogP contribution in [0.4, 0.5) is 45.5 Å². The van der Waals surface area contributed by atoms with E-state index in [-0.39, 0.29) is 0 Å². The summed E-state index contributed by atoms with van der Waals surface area (Å²) in [4.78, 5) is 7.49. The van der Waals surface area contributed by atoms with Gasteiger partial charge >= 0.3 is 0 Å². The zero-order chi connectivity index (χ0) is 54.2. The lowest BCUT2D eigenvalue weighted by Gasteiger charge is -2.46. The summed E-state index contributed by atoms with van der Waals surface area (Å²) >= 11 is 0. The van der Waals surface area contributed by atoms with Crippen molar-refractivity contribution in [1.82, 2.24) is 0 Å². The van der Waals surface area contributed by atoms with Gasteiger partial charge in [0, 0.05) is 49.4 Å². The Hall–Kier alpha value is -10.4. The Morgan fingerprint density at radius 1 is 0.378 bits per heavy atom. The third kappa shape index (κ3) is 6.56. The number of allylic oxidation sites excluding steroid dienone is 4. The van der Waals surface area contributed by atoms with Crippen molar-refractivity contribution in [3.05, 3.63) is 300 Å². The van der Waals surface area contributed by atoms with Crippen molar-refractivity contribution >= 4 is 111 Å². The summed E-state index contributed by atoms with van der Waals surface area (Å²) in [5, 5.41) is 9.00. The van der Waals surface area contributed by atoms with Crippen molar-refractivity contribution in [2.45, 2.75) is 32.1 Å². The number of benzene rings is 12. The Morgan fingerprint density at radius 3 is 1.26 bits per heavy atom. The lowest BCUT2D eigenvalue weighted by Crippen LogP contribution is -2.37. The zero-order valence-corrected chi connectivity index (χ0v) is 45.4. The molecular weight excluding hydrogens is 999 g/mol. The van der Waals surface area contributed by atoms with Gasteiger partial charge in [-0.3, -0.25) is 0 Å². The third-order valence-corrected chi connectivity index (χ3v) is 17.8. The van der Waals surface area contributed by atoms with Crippen LogP contribution < -0.4 is 14.7 Å². The molecule has 0 atom stereocenters. The van der Waals surface area contributed by atoms with E-state index in [1.165, 1.54) is 72.4 Å². The number of anilines is 8. The van der Waals surface area contributed by atoms with Crippen molar-refractivity contribution in [1.29, 1.82) is 0 Å². The standard InChI is InChI=1S/C77H53N3O2/c1-48-38-42-51(43-39-48)79(67-34-18-28-59-55-24-10-16-36-71(55)81-75(59)67)69-46-63-73(57-26-8-6-22-53(57)69)74-58-27-9-7-23-54(58)70(80(52-44-40-49(2)41-45-52)68-35-19-29-60-56-25-11-17-37-72(56)82-76(60)68)47-64(74)77(63)61-30-12-14-32-65(61)78(50-20-4-3-5-21-50)66-33-15-13-31-62(66)77/h3-4,6-20,22-47H,5,21H2,1-2H3. The van der Waals surface area contributed by atoms with Gasteiger partial charge in [-0.1, -0.05) is 193 Å². The Labute approximate surface area is 475 Å². The molecule has 17 rings (SSSR count). The molecule has 14 aromatic rings. The summed E-state index contributed by atoms with van der Waals surface area (Å²) in [5.74, 6) is 0. The molecule has 2 aliphatic carbocycles.